The molecule has 0 rings (SSSR count). The van der Waals surface area contributed by atoms with Crippen molar-refractivity contribution in [3.05, 3.63) is 48.2 Å². The van der Waals surface area contributed by atoms with Crippen molar-refractivity contribution in [2.45, 2.75) is 34.6 Å². The molecule has 0 atom stereocenters. The van der Waals surface area contributed by atoms with E-state index in [1.54, 1.807) is 34.6 Å². The average molecular weight is 357 g/mol. The van der Waals surface area contributed by atoms with Gasteiger partial charge in [-0.25, -0.2) is 0 Å². The van der Waals surface area contributed by atoms with Crippen LogP contribution in [0.1, 0.15) is 34.6 Å². The van der Waals surface area contributed by atoms with Gasteiger partial charge in [0, 0.05) is 22.4 Å². The maximum Gasteiger partial charge on any atom is 0 e. The van der Waals surface area contributed by atoms with E-state index in [9.17, 15) is 0 Å². The van der Waals surface area contributed by atoms with E-state index in [1.807, 2.05) is 0 Å². The summed E-state index contributed by atoms with van der Waals surface area (Å²) in [5.41, 5.74) is 0. The third-order valence-corrected chi connectivity index (χ3v) is 0. The molecule has 0 aliphatic rings. The fraction of sp³-hybridized carbons (Fsp3) is 0.455. The van der Waals surface area contributed by atoms with E-state index in [0.29, 0.717) is 0 Å². The fourth-order valence-electron chi connectivity index (χ4n) is 0. The summed E-state index contributed by atoms with van der Waals surface area (Å²) in [6.45, 7) is 25.0. The van der Waals surface area contributed by atoms with E-state index in [1.165, 1.54) is 0 Å². The van der Waals surface area contributed by atoms with Crippen molar-refractivity contribution < 1.29 is 22.4 Å². The number of hydrogen-bond donors (Lipinski definition) is 0. The molecule has 1 nitrogen and oxygen atoms in total. The first-order chi connectivity index (χ1) is 5.00. The standard InChI is InChI=1S/5C2H5.CH3.H2N.Ta/c5*1-2;;;/h5*1H2,2H3;1H3;1H2;/q7*-1;. The molecule has 13 heavy (non-hydrogen) atoms. The Morgan fingerprint density at radius 1 is 0.462 bits per heavy atom. The third-order valence-electron chi connectivity index (χ3n) is 0. The molecule has 0 spiro atoms. The van der Waals surface area contributed by atoms with Crippen molar-refractivity contribution >= 4 is 0 Å². The molecule has 91 valence electrons. The molecule has 0 unspecified atom stereocenters. The van der Waals surface area contributed by atoms with Gasteiger partial charge in [-0.15, -0.1) is 0 Å². The van der Waals surface area contributed by atoms with Crippen molar-refractivity contribution in [1.82, 2.24) is 0 Å². The summed E-state index contributed by atoms with van der Waals surface area (Å²) >= 11 is 0. The largest absolute Gasteiger partial charge is 0.693 e. The summed E-state index contributed by atoms with van der Waals surface area (Å²) < 4.78 is 0. The average Bonchev–Trinajstić information content (AvgIpc) is 2.20. The minimum atomic E-state index is 0. The normalized spacial score (nSPS) is 2.31. The van der Waals surface area contributed by atoms with E-state index in [-0.39, 0.29) is 36.0 Å². The molecular weight excluding hydrogens is 327 g/mol. The van der Waals surface area contributed by atoms with Crippen LogP contribution < -0.4 is 0 Å². The van der Waals surface area contributed by atoms with Crippen LogP contribution in [0.2, 0.25) is 0 Å². The summed E-state index contributed by atoms with van der Waals surface area (Å²) in [6, 6.07) is 0. The second-order valence-electron chi connectivity index (χ2n) is 0. The van der Waals surface area contributed by atoms with Gasteiger partial charge in [0.2, 0.25) is 0 Å². The van der Waals surface area contributed by atoms with Gasteiger partial charge in [-0.1, -0.05) is 0 Å². The fourth-order valence-corrected chi connectivity index (χ4v) is 0. The second kappa shape index (κ2) is 3550. The molecule has 0 amide bonds. The van der Waals surface area contributed by atoms with Crippen molar-refractivity contribution in [2.75, 3.05) is 0 Å². The molecule has 0 aliphatic heterocycles. The zero-order chi connectivity index (χ0) is 10.0. The minimum Gasteiger partial charge on any atom is -0.693 e. The Labute approximate surface area is 105 Å². The van der Waals surface area contributed by atoms with Crippen LogP contribution >= 0.6 is 0 Å². The molecule has 2 heteroatoms. The first kappa shape index (κ1) is 68.0. The smallest absolute Gasteiger partial charge is 0 e. The molecule has 0 saturated carbocycles. The summed E-state index contributed by atoms with van der Waals surface area (Å²) in [4.78, 5) is 0. The number of hydrogen-bond acceptors (Lipinski definition) is 0. The molecule has 1 radical (unpaired) electrons. The van der Waals surface area contributed by atoms with Crippen molar-refractivity contribution in [3.8, 4) is 0 Å². The quantitative estimate of drug-likeness (QED) is 0.523. The summed E-state index contributed by atoms with van der Waals surface area (Å²) in [6.07, 6.45) is 0. The van der Waals surface area contributed by atoms with Crippen molar-refractivity contribution in [3.63, 3.8) is 0 Å². The zero-order valence-corrected chi connectivity index (χ0v) is 13.8. The van der Waals surface area contributed by atoms with Crippen LogP contribution in [0.25, 0.3) is 6.15 Å². The van der Waals surface area contributed by atoms with E-state index in [4.69, 9.17) is 0 Å². The van der Waals surface area contributed by atoms with E-state index in [2.05, 4.69) is 34.6 Å². The van der Waals surface area contributed by atoms with Gasteiger partial charge in [0.25, 0.3) is 0 Å². The van der Waals surface area contributed by atoms with Crippen LogP contribution in [-0.2, 0) is 22.4 Å². The van der Waals surface area contributed by atoms with Crippen molar-refractivity contribution in [2.24, 2.45) is 0 Å². The zero-order valence-electron chi connectivity index (χ0n) is 10.6. The van der Waals surface area contributed by atoms with Gasteiger partial charge >= 0.3 is 0 Å². The number of nitrogens with two attached hydrogens (primary N) is 1. The Morgan fingerprint density at radius 2 is 0.462 bits per heavy atom. The third kappa shape index (κ3) is 2970. The molecule has 2 N–H and O–H groups in total. The monoisotopic (exact) mass is 357 g/mol. The van der Waals surface area contributed by atoms with Crippen LogP contribution in [0.3, 0.4) is 0 Å². The number of rotatable bonds is 0. The molecule has 0 aromatic rings. The van der Waals surface area contributed by atoms with E-state index < -0.39 is 0 Å². The Bertz CT molecular complexity index is 10.1. The SMILES string of the molecule is [CH2-]C.[CH2-]C.[CH2-]C.[CH2-]C.[CH2-]C.[CH3-].[NH2-].[Ta]. The van der Waals surface area contributed by atoms with Crippen LogP contribution in [-0.4, -0.2) is 0 Å². The predicted octanol–water partition coefficient (Wildman–Crippen LogP) is 5.37. The molecule has 0 aliphatic carbocycles. The van der Waals surface area contributed by atoms with E-state index >= 15 is 0 Å². The minimum absolute atomic E-state index is 0. The molecule has 0 aromatic heterocycles. The van der Waals surface area contributed by atoms with E-state index in [0.717, 1.165) is 0 Å². The molecular formula is C11H30NTa-7. The van der Waals surface area contributed by atoms with Gasteiger partial charge in [-0.05, 0) is 0 Å². The molecule has 0 aromatic carbocycles. The van der Waals surface area contributed by atoms with Crippen LogP contribution in [0.15, 0.2) is 0 Å². The van der Waals surface area contributed by atoms with Gasteiger partial charge in [0.05, 0.1) is 0 Å². The summed E-state index contributed by atoms with van der Waals surface area (Å²) in [5.74, 6) is 0. The van der Waals surface area contributed by atoms with Gasteiger partial charge < -0.3 is 48.2 Å². The van der Waals surface area contributed by atoms with Crippen molar-refractivity contribution in [1.29, 1.82) is 0 Å². The summed E-state index contributed by atoms with van der Waals surface area (Å²) in [7, 11) is 0. The van der Waals surface area contributed by atoms with Gasteiger partial charge in [0.1, 0.15) is 0 Å². The molecule has 0 saturated heterocycles. The first-order valence-electron chi connectivity index (χ1n) is 3.54. The predicted molar refractivity (Wildman–Crippen MR) is 66.9 cm³/mol. The Hall–Kier alpha value is 0.700. The van der Waals surface area contributed by atoms with Gasteiger partial charge in [0.15, 0.2) is 0 Å². The maximum absolute atomic E-state index is 3.25. The van der Waals surface area contributed by atoms with Crippen LogP contribution in [0.5, 0.6) is 0 Å². The van der Waals surface area contributed by atoms with Crippen LogP contribution in [0.4, 0.5) is 0 Å². The topological polar surface area (TPSA) is 33.5 Å². The Balaban J connectivity index is -0.00000000379. The van der Waals surface area contributed by atoms with Crippen LogP contribution in [0, 0.1) is 42.0 Å². The second-order valence-corrected chi connectivity index (χ2v) is 0. The molecule has 0 fully saturated rings. The van der Waals surface area contributed by atoms with Gasteiger partial charge in [-0.3, -0.25) is 0 Å². The molecule has 0 heterocycles. The first-order valence-corrected chi connectivity index (χ1v) is 3.54. The molecule has 0 bridgehead atoms. The van der Waals surface area contributed by atoms with Gasteiger partial charge in [-0.2, -0.15) is 34.6 Å². The Kier molecular flexibility index (Phi) is 18500. The maximum atomic E-state index is 3.25. The summed E-state index contributed by atoms with van der Waals surface area (Å²) in [5, 5.41) is 0. The Morgan fingerprint density at radius 3 is 0.462 bits per heavy atom.